The fourth-order valence-electron chi connectivity index (χ4n) is 3.88. The summed E-state index contributed by atoms with van der Waals surface area (Å²) in [5, 5.41) is 12.9. The SMILES string of the molecule is COCC(=O)NCC1CCC(Oc2cccc3nc(C)c(C(=O)O)c(N)c23)CC1. The van der Waals surface area contributed by atoms with Crippen molar-refractivity contribution < 1.29 is 24.2 Å². The third kappa shape index (κ3) is 4.76. The molecule has 0 unspecified atom stereocenters. The van der Waals surface area contributed by atoms with Gasteiger partial charge in [-0.1, -0.05) is 6.07 Å². The molecule has 29 heavy (non-hydrogen) atoms. The minimum atomic E-state index is -1.10. The Morgan fingerprint density at radius 1 is 1.28 bits per heavy atom. The van der Waals surface area contributed by atoms with Crippen molar-refractivity contribution >= 4 is 28.5 Å². The third-order valence-electron chi connectivity index (χ3n) is 5.36. The number of pyridine rings is 1. The number of carbonyl (C=O) groups is 2. The van der Waals surface area contributed by atoms with E-state index in [1.807, 2.05) is 6.07 Å². The molecule has 0 bridgehead atoms. The molecule has 1 aromatic carbocycles. The number of nitrogen functional groups attached to an aromatic ring is 1. The number of nitrogens with one attached hydrogen (secondary N) is 1. The number of aromatic carboxylic acids is 1. The highest BCUT2D eigenvalue weighted by Crippen LogP contribution is 2.36. The van der Waals surface area contributed by atoms with Crippen molar-refractivity contribution in [3.05, 3.63) is 29.5 Å². The lowest BCUT2D eigenvalue weighted by molar-refractivity contribution is -0.125. The molecule has 1 heterocycles. The standard InChI is InChI=1S/C21H27N3O5/c1-12-18(21(26)27)20(22)19-15(24-12)4-3-5-16(19)29-14-8-6-13(7-9-14)10-23-17(25)11-28-2/h3-5,13-14H,6-11H2,1-2H3,(H2,22,24)(H,23,25)(H,26,27). The average molecular weight is 401 g/mol. The lowest BCUT2D eigenvalue weighted by atomic mass is 9.87. The summed E-state index contributed by atoms with van der Waals surface area (Å²) in [7, 11) is 1.50. The minimum Gasteiger partial charge on any atom is -0.490 e. The molecule has 1 aliphatic rings. The molecule has 8 nitrogen and oxygen atoms in total. The van der Waals surface area contributed by atoms with Crippen molar-refractivity contribution in [2.75, 3.05) is 26.0 Å². The van der Waals surface area contributed by atoms with Crippen LogP contribution in [0.5, 0.6) is 5.75 Å². The van der Waals surface area contributed by atoms with Crippen LogP contribution in [0.2, 0.25) is 0 Å². The lowest BCUT2D eigenvalue weighted by Crippen LogP contribution is -2.35. The number of aryl methyl sites for hydroxylation is 1. The van der Waals surface area contributed by atoms with E-state index in [1.54, 1.807) is 19.1 Å². The maximum absolute atomic E-state index is 11.6. The lowest BCUT2D eigenvalue weighted by Gasteiger charge is -2.29. The molecule has 156 valence electrons. The van der Waals surface area contributed by atoms with Gasteiger partial charge in [-0.15, -0.1) is 0 Å². The van der Waals surface area contributed by atoms with E-state index in [0.717, 1.165) is 25.7 Å². The highest BCUT2D eigenvalue weighted by Gasteiger charge is 2.25. The Kier molecular flexibility index (Phi) is 6.53. The van der Waals surface area contributed by atoms with Gasteiger partial charge in [0.15, 0.2) is 0 Å². The topological polar surface area (TPSA) is 124 Å². The number of rotatable bonds is 7. The van der Waals surface area contributed by atoms with Gasteiger partial charge in [0, 0.05) is 13.7 Å². The number of carboxylic acid groups (broad SMARTS) is 1. The summed E-state index contributed by atoms with van der Waals surface area (Å²) in [6.07, 6.45) is 3.60. The fraction of sp³-hybridized carbons (Fsp3) is 0.476. The molecule has 1 fully saturated rings. The molecule has 0 saturated heterocycles. The molecular weight excluding hydrogens is 374 g/mol. The van der Waals surface area contributed by atoms with Crippen LogP contribution in [0.15, 0.2) is 18.2 Å². The van der Waals surface area contributed by atoms with Gasteiger partial charge in [-0.25, -0.2) is 4.79 Å². The van der Waals surface area contributed by atoms with Crippen LogP contribution < -0.4 is 15.8 Å². The number of methoxy groups -OCH3 is 1. The summed E-state index contributed by atoms with van der Waals surface area (Å²) < 4.78 is 11.0. The molecule has 0 aliphatic heterocycles. The largest absolute Gasteiger partial charge is 0.490 e. The number of nitrogens with two attached hydrogens (primary N) is 1. The molecule has 0 atom stereocenters. The fourth-order valence-corrected chi connectivity index (χ4v) is 3.88. The van der Waals surface area contributed by atoms with E-state index >= 15 is 0 Å². The monoisotopic (exact) mass is 401 g/mol. The third-order valence-corrected chi connectivity index (χ3v) is 5.36. The van der Waals surface area contributed by atoms with Gasteiger partial charge in [0.25, 0.3) is 0 Å². The smallest absolute Gasteiger partial charge is 0.339 e. The summed E-state index contributed by atoms with van der Waals surface area (Å²) in [5.41, 5.74) is 7.40. The Hall–Kier alpha value is -2.87. The zero-order valence-corrected chi connectivity index (χ0v) is 16.7. The first-order valence-electron chi connectivity index (χ1n) is 9.75. The molecule has 0 radical (unpaired) electrons. The first-order chi connectivity index (χ1) is 13.9. The van der Waals surface area contributed by atoms with E-state index in [0.29, 0.717) is 34.8 Å². The zero-order chi connectivity index (χ0) is 21.0. The molecule has 4 N–H and O–H groups in total. The maximum atomic E-state index is 11.6. The number of ether oxygens (including phenoxy) is 2. The Labute approximate surface area is 169 Å². The van der Waals surface area contributed by atoms with E-state index in [1.165, 1.54) is 7.11 Å². The van der Waals surface area contributed by atoms with Gasteiger partial charge in [-0.2, -0.15) is 0 Å². The van der Waals surface area contributed by atoms with Gasteiger partial charge in [0.1, 0.15) is 17.9 Å². The molecule has 1 saturated carbocycles. The quantitative estimate of drug-likeness (QED) is 0.651. The number of amides is 1. The molecular formula is C21H27N3O5. The van der Waals surface area contributed by atoms with Crippen LogP contribution in [-0.4, -0.2) is 48.3 Å². The van der Waals surface area contributed by atoms with Crippen LogP contribution in [0.25, 0.3) is 10.9 Å². The average Bonchev–Trinajstić information content (AvgIpc) is 2.67. The first kappa shape index (κ1) is 20.9. The van der Waals surface area contributed by atoms with Crippen LogP contribution in [-0.2, 0) is 9.53 Å². The Morgan fingerprint density at radius 2 is 2.00 bits per heavy atom. The molecule has 1 aliphatic carbocycles. The first-order valence-corrected chi connectivity index (χ1v) is 9.75. The van der Waals surface area contributed by atoms with Crippen molar-refractivity contribution in [2.45, 2.75) is 38.7 Å². The number of aromatic nitrogens is 1. The van der Waals surface area contributed by atoms with Crippen molar-refractivity contribution in [2.24, 2.45) is 5.92 Å². The van der Waals surface area contributed by atoms with E-state index in [2.05, 4.69) is 10.3 Å². The summed E-state index contributed by atoms with van der Waals surface area (Å²) in [6.45, 7) is 2.35. The molecule has 0 spiro atoms. The second-order valence-corrected chi connectivity index (χ2v) is 7.44. The molecule has 2 aromatic rings. The predicted molar refractivity (Wildman–Crippen MR) is 109 cm³/mol. The second-order valence-electron chi connectivity index (χ2n) is 7.44. The number of fused-ring (bicyclic) bond motifs is 1. The van der Waals surface area contributed by atoms with Gasteiger partial charge in [0.05, 0.1) is 28.4 Å². The van der Waals surface area contributed by atoms with Gasteiger partial charge in [-0.3, -0.25) is 9.78 Å². The zero-order valence-electron chi connectivity index (χ0n) is 16.7. The van der Waals surface area contributed by atoms with E-state index in [4.69, 9.17) is 15.2 Å². The second kappa shape index (κ2) is 9.09. The van der Waals surface area contributed by atoms with Crippen LogP contribution in [0.4, 0.5) is 5.69 Å². The number of anilines is 1. The normalized spacial score (nSPS) is 19.1. The highest BCUT2D eigenvalue weighted by atomic mass is 16.5. The Morgan fingerprint density at radius 3 is 2.66 bits per heavy atom. The molecule has 1 aromatic heterocycles. The minimum absolute atomic E-state index is 0.0144. The van der Waals surface area contributed by atoms with Crippen LogP contribution >= 0.6 is 0 Å². The van der Waals surface area contributed by atoms with Crippen molar-refractivity contribution in [3.8, 4) is 5.75 Å². The maximum Gasteiger partial charge on any atom is 0.339 e. The highest BCUT2D eigenvalue weighted by molar-refractivity contribution is 6.06. The van der Waals surface area contributed by atoms with Crippen LogP contribution in [0.1, 0.15) is 41.7 Å². The number of hydrogen-bond acceptors (Lipinski definition) is 6. The van der Waals surface area contributed by atoms with E-state index < -0.39 is 5.97 Å². The van der Waals surface area contributed by atoms with Crippen molar-refractivity contribution in [1.29, 1.82) is 0 Å². The molecule has 3 rings (SSSR count). The predicted octanol–water partition coefficient (Wildman–Crippen LogP) is 2.52. The van der Waals surface area contributed by atoms with E-state index in [-0.39, 0.29) is 29.9 Å². The van der Waals surface area contributed by atoms with Crippen molar-refractivity contribution in [1.82, 2.24) is 10.3 Å². The Bertz CT molecular complexity index is 907. The van der Waals surface area contributed by atoms with E-state index in [9.17, 15) is 14.7 Å². The summed E-state index contributed by atoms with van der Waals surface area (Å²) in [4.78, 5) is 27.5. The van der Waals surface area contributed by atoms with Gasteiger partial charge >= 0.3 is 5.97 Å². The molecule has 8 heteroatoms. The number of hydrogen-bond donors (Lipinski definition) is 3. The number of carboxylic acids is 1. The van der Waals surface area contributed by atoms with Crippen LogP contribution in [0, 0.1) is 12.8 Å². The summed E-state index contributed by atoms with van der Waals surface area (Å²) in [5.74, 6) is -0.225. The Balaban J connectivity index is 1.69. The van der Waals surface area contributed by atoms with Gasteiger partial charge in [0.2, 0.25) is 5.91 Å². The van der Waals surface area contributed by atoms with Crippen LogP contribution in [0.3, 0.4) is 0 Å². The van der Waals surface area contributed by atoms with Crippen molar-refractivity contribution in [3.63, 3.8) is 0 Å². The number of nitrogens with zero attached hydrogens (tertiary/aromatic N) is 1. The molecule has 1 amide bonds. The number of benzene rings is 1. The summed E-state index contributed by atoms with van der Waals surface area (Å²) in [6, 6.07) is 5.44. The number of carbonyl (C=O) groups excluding carboxylic acids is 1. The van der Waals surface area contributed by atoms with Gasteiger partial charge < -0.3 is 25.6 Å². The van der Waals surface area contributed by atoms with Gasteiger partial charge in [-0.05, 0) is 50.7 Å². The summed E-state index contributed by atoms with van der Waals surface area (Å²) >= 11 is 0.